The Morgan fingerprint density at radius 3 is 2.63 bits per heavy atom. The third-order valence-corrected chi connectivity index (χ3v) is 6.96. The number of nitrogens with two attached hydrogens (primary N) is 1. The molecule has 0 amide bonds. The number of aromatic nitrogens is 3. The monoisotopic (exact) mass is 573 g/mol. The fourth-order valence-corrected chi connectivity index (χ4v) is 4.48. The second-order valence-corrected chi connectivity index (χ2v) is 10.7. The lowest BCUT2D eigenvalue weighted by molar-refractivity contribution is 0.297. The van der Waals surface area contributed by atoms with E-state index < -0.39 is 15.6 Å². The number of primary sulfonamides is 1. The third-order valence-electron chi connectivity index (χ3n) is 6.03. The molecule has 5 aromatic rings. The normalized spacial score (nSPS) is 11.7. The molecule has 0 radical (unpaired) electrons. The van der Waals surface area contributed by atoms with E-state index in [2.05, 4.69) is 15.3 Å². The van der Waals surface area contributed by atoms with Crippen LogP contribution in [0.25, 0.3) is 11.0 Å². The first kappa shape index (κ1) is 27.7. The van der Waals surface area contributed by atoms with Gasteiger partial charge in [-0.05, 0) is 48.0 Å². The van der Waals surface area contributed by atoms with E-state index in [1.165, 1.54) is 18.2 Å². The van der Waals surface area contributed by atoms with E-state index in [4.69, 9.17) is 19.0 Å². The summed E-state index contributed by atoms with van der Waals surface area (Å²) in [5.41, 5.74) is 2.41. The second-order valence-electron chi connectivity index (χ2n) is 9.11. The minimum atomic E-state index is -3.72. The zero-order valence-corrected chi connectivity index (χ0v) is 22.7. The van der Waals surface area contributed by atoms with Crippen molar-refractivity contribution >= 4 is 27.2 Å². The van der Waals surface area contributed by atoms with Gasteiger partial charge in [0.1, 0.15) is 29.4 Å². The van der Waals surface area contributed by atoms with Crippen LogP contribution in [-0.4, -0.2) is 36.2 Å². The van der Waals surface area contributed by atoms with Crippen molar-refractivity contribution in [2.75, 3.05) is 6.61 Å². The smallest absolute Gasteiger partial charge is 0.336 e. The highest BCUT2D eigenvalue weighted by Crippen LogP contribution is 2.20. The van der Waals surface area contributed by atoms with Gasteiger partial charge in [0.25, 0.3) is 0 Å². The molecule has 0 aliphatic carbocycles. The number of aliphatic imine (C=N–C) groups is 1. The molecule has 0 saturated carbocycles. The first-order valence-corrected chi connectivity index (χ1v) is 14.3. The topological polar surface area (TPSA) is 152 Å². The van der Waals surface area contributed by atoms with E-state index in [1.807, 2.05) is 42.6 Å². The van der Waals surface area contributed by atoms with Crippen molar-refractivity contribution in [3.05, 3.63) is 112 Å². The Morgan fingerprint density at radius 1 is 1.00 bits per heavy atom. The van der Waals surface area contributed by atoms with Crippen LogP contribution in [-0.2, 0) is 29.7 Å². The van der Waals surface area contributed by atoms with Crippen LogP contribution in [0.15, 0.2) is 104 Å². The molecular weight excluding hydrogens is 546 g/mol. The first-order valence-electron chi connectivity index (χ1n) is 12.7. The van der Waals surface area contributed by atoms with Gasteiger partial charge < -0.3 is 13.9 Å². The first-order chi connectivity index (χ1) is 19.8. The third kappa shape index (κ3) is 7.65. The number of sulfonamides is 1. The summed E-state index contributed by atoms with van der Waals surface area (Å²) in [6.45, 7) is 1.67. The standard InChI is InChI=1S/C29H27N5O6S/c30-41(36,37)26-11-6-21(7-12-26)17-31-18-23-4-1-2-5-27(23)39-20-24-19-34(33-32-24)14-3-15-38-25-10-8-22-9-13-29(35)40-28(22)16-25/h1-2,4-13,16,18-19H,3,14-15,17,20H2,(H2,30,36,37). The Kier molecular flexibility index (Phi) is 8.51. The Balaban J connectivity index is 1.09. The largest absolute Gasteiger partial charge is 0.493 e. The summed E-state index contributed by atoms with van der Waals surface area (Å²) in [6, 6.07) is 22.3. The predicted octanol–water partition coefficient (Wildman–Crippen LogP) is 3.70. The number of nitrogens with zero attached hydrogens (tertiary/aromatic N) is 4. The number of ether oxygens (including phenoxy) is 2. The summed E-state index contributed by atoms with van der Waals surface area (Å²) in [7, 11) is -3.72. The number of fused-ring (bicyclic) bond motifs is 1. The zero-order valence-electron chi connectivity index (χ0n) is 21.9. The van der Waals surface area contributed by atoms with Gasteiger partial charge in [0.05, 0.1) is 24.2 Å². The molecule has 5 rings (SSSR count). The van der Waals surface area contributed by atoms with E-state index in [0.717, 1.165) is 16.5 Å². The SMILES string of the molecule is NS(=O)(=O)c1ccc(CN=Cc2ccccc2OCc2cn(CCCOc3ccc4ccc(=O)oc4c3)nn2)cc1. The molecule has 0 aliphatic heterocycles. The maximum Gasteiger partial charge on any atom is 0.336 e. The van der Waals surface area contributed by atoms with Crippen LogP contribution in [0.3, 0.4) is 0 Å². The Hall–Kier alpha value is -4.81. The Labute approximate surface area is 235 Å². The van der Waals surface area contributed by atoms with Gasteiger partial charge in [-0.1, -0.05) is 29.5 Å². The maximum absolute atomic E-state index is 11.4. The molecular formula is C29H27N5O6S. The predicted molar refractivity (Wildman–Crippen MR) is 153 cm³/mol. The molecule has 41 heavy (non-hydrogen) atoms. The molecule has 2 aromatic heterocycles. The molecule has 12 heteroatoms. The second kappa shape index (κ2) is 12.6. The van der Waals surface area contributed by atoms with Crippen molar-refractivity contribution < 1.29 is 22.3 Å². The van der Waals surface area contributed by atoms with Gasteiger partial charge in [-0.15, -0.1) is 5.10 Å². The van der Waals surface area contributed by atoms with E-state index in [1.54, 1.807) is 35.2 Å². The van der Waals surface area contributed by atoms with Crippen molar-refractivity contribution in [2.24, 2.45) is 10.1 Å². The molecule has 11 nitrogen and oxygen atoms in total. The van der Waals surface area contributed by atoms with E-state index in [9.17, 15) is 13.2 Å². The Bertz CT molecular complexity index is 1830. The van der Waals surface area contributed by atoms with Crippen molar-refractivity contribution in [1.29, 1.82) is 0 Å². The summed E-state index contributed by atoms with van der Waals surface area (Å²) in [5, 5.41) is 14.3. The summed E-state index contributed by atoms with van der Waals surface area (Å²) < 4.78 is 41.5. The highest BCUT2D eigenvalue weighted by atomic mass is 32.2. The molecule has 2 heterocycles. The summed E-state index contributed by atoms with van der Waals surface area (Å²) in [4.78, 5) is 15.9. The van der Waals surface area contributed by atoms with Gasteiger partial charge in [0, 0.05) is 42.3 Å². The van der Waals surface area contributed by atoms with Crippen LogP contribution >= 0.6 is 0 Å². The number of para-hydroxylation sites is 1. The van der Waals surface area contributed by atoms with Crippen LogP contribution in [0.2, 0.25) is 0 Å². The number of rotatable bonds is 12. The minimum Gasteiger partial charge on any atom is -0.493 e. The van der Waals surface area contributed by atoms with Crippen molar-refractivity contribution in [1.82, 2.24) is 15.0 Å². The van der Waals surface area contributed by atoms with Crippen molar-refractivity contribution in [3.8, 4) is 11.5 Å². The fourth-order valence-electron chi connectivity index (χ4n) is 3.97. The van der Waals surface area contributed by atoms with Gasteiger partial charge in [0.2, 0.25) is 10.0 Å². The van der Waals surface area contributed by atoms with E-state index >= 15 is 0 Å². The molecule has 210 valence electrons. The molecule has 0 unspecified atom stereocenters. The molecule has 0 aliphatic rings. The van der Waals surface area contributed by atoms with Crippen LogP contribution in [0.5, 0.6) is 11.5 Å². The number of aryl methyl sites for hydroxylation is 1. The summed E-state index contributed by atoms with van der Waals surface area (Å²) >= 11 is 0. The lowest BCUT2D eigenvalue weighted by Gasteiger charge is -2.07. The highest BCUT2D eigenvalue weighted by Gasteiger charge is 2.08. The lowest BCUT2D eigenvalue weighted by atomic mass is 10.2. The number of hydrogen-bond donors (Lipinski definition) is 1. The molecule has 0 fully saturated rings. The van der Waals surface area contributed by atoms with Crippen molar-refractivity contribution in [3.63, 3.8) is 0 Å². The molecule has 0 saturated heterocycles. The quantitative estimate of drug-likeness (QED) is 0.135. The highest BCUT2D eigenvalue weighted by molar-refractivity contribution is 7.89. The van der Waals surface area contributed by atoms with Crippen LogP contribution in [0.1, 0.15) is 23.2 Å². The van der Waals surface area contributed by atoms with Crippen LogP contribution in [0, 0.1) is 0 Å². The number of hydrogen-bond acceptors (Lipinski definition) is 9. The molecule has 2 N–H and O–H groups in total. The van der Waals surface area contributed by atoms with Gasteiger partial charge in [-0.25, -0.2) is 18.4 Å². The molecule has 0 spiro atoms. The maximum atomic E-state index is 11.4. The van der Waals surface area contributed by atoms with Crippen LogP contribution in [0.4, 0.5) is 0 Å². The van der Waals surface area contributed by atoms with Gasteiger partial charge in [0.15, 0.2) is 0 Å². The minimum absolute atomic E-state index is 0.0626. The van der Waals surface area contributed by atoms with E-state index in [0.29, 0.717) is 48.9 Å². The molecule has 0 atom stereocenters. The lowest BCUT2D eigenvalue weighted by Crippen LogP contribution is -2.11. The van der Waals surface area contributed by atoms with Gasteiger partial charge in [-0.3, -0.25) is 9.67 Å². The van der Waals surface area contributed by atoms with E-state index in [-0.39, 0.29) is 11.5 Å². The Morgan fingerprint density at radius 2 is 1.80 bits per heavy atom. The van der Waals surface area contributed by atoms with Crippen molar-refractivity contribution in [2.45, 2.75) is 31.0 Å². The van der Waals surface area contributed by atoms with Crippen LogP contribution < -0.4 is 20.2 Å². The average molecular weight is 574 g/mol. The summed E-state index contributed by atoms with van der Waals surface area (Å²) in [6.07, 6.45) is 4.24. The van der Waals surface area contributed by atoms with Gasteiger partial charge >= 0.3 is 5.63 Å². The average Bonchev–Trinajstić information content (AvgIpc) is 3.42. The fraction of sp³-hybridized carbons (Fsp3) is 0.172. The number of benzene rings is 3. The zero-order chi connectivity index (χ0) is 28.7. The molecule has 0 bridgehead atoms. The van der Waals surface area contributed by atoms with Gasteiger partial charge in [-0.2, -0.15) is 0 Å². The molecule has 3 aromatic carbocycles. The summed E-state index contributed by atoms with van der Waals surface area (Å²) in [5.74, 6) is 1.27.